The molecule has 0 saturated carbocycles. The summed E-state index contributed by atoms with van der Waals surface area (Å²) in [5.41, 5.74) is 2.52. The molecule has 1 fully saturated rings. The normalized spacial score (nSPS) is 20.8. The van der Waals surface area contributed by atoms with Crippen LogP contribution in [0, 0.1) is 0 Å². The largest absolute Gasteiger partial charge is 0.354 e. The van der Waals surface area contributed by atoms with Crippen molar-refractivity contribution in [3.8, 4) is 0 Å². The van der Waals surface area contributed by atoms with Gasteiger partial charge in [-0.2, -0.15) is 0 Å². The molecule has 0 bridgehead atoms. The number of benzene rings is 1. The zero-order chi connectivity index (χ0) is 19.8. The average Bonchev–Trinajstić information content (AvgIpc) is 2.84. The van der Waals surface area contributed by atoms with Crippen LogP contribution in [0.5, 0.6) is 0 Å². The van der Waals surface area contributed by atoms with E-state index in [2.05, 4.69) is 48.3 Å². The summed E-state index contributed by atoms with van der Waals surface area (Å²) in [6.45, 7) is 6.53. The highest BCUT2D eigenvalue weighted by Gasteiger charge is 2.42. The van der Waals surface area contributed by atoms with Gasteiger partial charge in [-0.25, -0.2) is 4.79 Å². The van der Waals surface area contributed by atoms with E-state index in [9.17, 15) is 14.4 Å². The maximum Gasteiger partial charge on any atom is 0.326 e. The van der Waals surface area contributed by atoms with Gasteiger partial charge in [-0.3, -0.25) is 19.4 Å². The summed E-state index contributed by atoms with van der Waals surface area (Å²) in [6, 6.07) is 7.38. The minimum absolute atomic E-state index is 0.00960. The van der Waals surface area contributed by atoms with Crippen molar-refractivity contribution in [2.24, 2.45) is 0 Å². The van der Waals surface area contributed by atoms with Gasteiger partial charge in [0.1, 0.15) is 6.04 Å². The van der Waals surface area contributed by atoms with Gasteiger partial charge in [0, 0.05) is 39.3 Å². The van der Waals surface area contributed by atoms with Gasteiger partial charge >= 0.3 is 6.03 Å². The molecule has 0 spiro atoms. The molecule has 1 aromatic carbocycles. The van der Waals surface area contributed by atoms with Crippen molar-refractivity contribution in [3.05, 3.63) is 35.4 Å². The van der Waals surface area contributed by atoms with Gasteiger partial charge in [0.15, 0.2) is 0 Å². The lowest BCUT2D eigenvalue weighted by atomic mass is 9.94. The van der Waals surface area contributed by atoms with Crippen molar-refractivity contribution in [2.75, 3.05) is 27.2 Å². The topological polar surface area (TPSA) is 73.0 Å². The Bertz CT molecular complexity index is 761. The number of likely N-dealkylation sites (N-methyl/N-ethyl adjacent to an activating group) is 2. The Morgan fingerprint density at radius 2 is 1.85 bits per heavy atom. The first-order valence-corrected chi connectivity index (χ1v) is 9.33. The van der Waals surface area contributed by atoms with E-state index in [0.29, 0.717) is 6.54 Å². The first kappa shape index (κ1) is 19.4. The van der Waals surface area contributed by atoms with Gasteiger partial charge in [0.05, 0.1) is 6.42 Å². The van der Waals surface area contributed by atoms with Crippen molar-refractivity contribution in [2.45, 2.75) is 44.8 Å². The van der Waals surface area contributed by atoms with Crippen LogP contribution in [0.2, 0.25) is 0 Å². The number of imide groups is 1. The number of urea groups is 1. The van der Waals surface area contributed by atoms with E-state index in [0.717, 1.165) is 24.4 Å². The minimum atomic E-state index is -0.715. The maximum atomic E-state index is 12.4. The lowest BCUT2D eigenvalue weighted by molar-refractivity contribution is -0.131. The Kier molecular flexibility index (Phi) is 5.24. The first-order valence-electron chi connectivity index (χ1n) is 9.33. The molecule has 1 atom stereocenters. The SMILES string of the molecule is CN1C(=O)[C@@H](CC(=O)NCC(C)(C)N2CCc3ccccc3C2)N(C)C1=O. The molecule has 0 unspecified atom stereocenters. The van der Waals surface area contributed by atoms with Crippen LogP contribution in [0.15, 0.2) is 24.3 Å². The fraction of sp³-hybridized carbons (Fsp3) is 0.550. The third-order valence-corrected chi connectivity index (χ3v) is 5.76. The van der Waals surface area contributed by atoms with Crippen molar-refractivity contribution >= 4 is 17.8 Å². The zero-order valence-corrected chi connectivity index (χ0v) is 16.5. The van der Waals surface area contributed by atoms with Crippen LogP contribution in [-0.2, 0) is 22.6 Å². The number of amides is 4. The molecule has 0 radical (unpaired) electrons. The van der Waals surface area contributed by atoms with Gasteiger partial charge in [0.25, 0.3) is 5.91 Å². The van der Waals surface area contributed by atoms with Crippen molar-refractivity contribution in [1.29, 1.82) is 0 Å². The molecule has 4 amide bonds. The van der Waals surface area contributed by atoms with Crippen molar-refractivity contribution in [3.63, 3.8) is 0 Å². The van der Waals surface area contributed by atoms with E-state index in [1.807, 2.05) is 0 Å². The molecule has 1 aromatic rings. The monoisotopic (exact) mass is 372 g/mol. The van der Waals surface area contributed by atoms with Crippen LogP contribution >= 0.6 is 0 Å². The molecule has 27 heavy (non-hydrogen) atoms. The molecule has 0 aromatic heterocycles. The Hall–Kier alpha value is -2.41. The fourth-order valence-corrected chi connectivity index (χ4v) is 3.76. The molecule has 7 nitrogen and oxygen atoms in total. The first-order chi connectivity index (χ1) is 12.7. The van der Waals surface area contributed by atoms with Crippen LogP contribution < -0.4 is 5.32 Å². The predicted octanol–water partition coefficient (Wildman–Crippen LogP) is 1.22. The molecule has 1 N–H and O–H groups in total. The second-order valence-corrected chi connectivity index (χ2v) is 8.04. The van der Waals surface area contributed by atoms with E-state index in [4.69, 9.17) is 0 Å². The molecule has 2 aliphatic heterocycles. The van der Waals surface area contributed by atoms with Gasteiger partial charge < -0.3 is 10.2 Å². The number of hydrogen-bond acceptors (Lipinski definition) is 4. The molecule has 3 rings (SSSR count). The van der Waals surface area contributed by atoms with Gasteiger partial charge in [-0.1, -0.05) is 24.3 Å². The van der Waals surface area contributed by atoms with Crippen LogP contribution in [-0.4, -0.2) is 71.3 Å². The van der Waals surface area contributed by atoms with Crippen LogP contribution in [0.4, 0.5) is 4.79 Å². The van der Waals surface area contributed by atoms with Crippen molar-refractivity contribution in [1.82, 2.24) is 20.0 Å². The third kappa shape index (κ3) is 3.83. The van der Waals surface area contributed by atoms with Gasteiger partial charge in [-0.15, -0.1) is 0 Å². The number of nitrogens with zero attached hydrogens (tertiary/aromatic N) is 3. The lowest BCUT2D eigenvalue weighted by Gasteiger charge is -2.41. The summed E-state index contributed by atoms with van der Waals surface area (Å²) in [7, 11) is 2.99. The number of carbonyl (C=O) groups is 3. The quantitative estimate of drug-likeness (QED) is 0.789. The molecule has 2 aliphatic rings. The molecule has 0 aliphatic carbocycles. The second-order valence-electron chi connectivity index (χ2n) is 8.04. The average molecular weight is 372 g/mol. The summed E-state index contributed by atoms with van der Waals surface area (Å²) in [6.07, 6.45) is 0.994. The Labute approximate surface area is 160 Å². The molecule has 146 valence electrons. The lowest BCUT2D eigenvalue weighted by Crippen LogP contribution is -2.53. The van der Waals surface area contributed by atoms with Gasteiger partial charge in [0.2, 0.25) is 5.91 Å². The molecule has 7 heteroatoms. The molecule has 2 heterocycles. The van der Waals surface area contributed by atoms with Crippen LogP contribution in [0.3, 0.4) is 0 Å². The minimum Gasteiger partial charge on any atom is -0.354 e. The van der Waals surface area contributed by atoms with E-state index >= 15 is 0 Å². The van der Waals surface area contributed by atoms with E-state index < -0.39 is 6.04 Å². The second kappa shape index (κ2) is 7.31. The summed E-state index contributed by atoms with van der Waals surface area (Å²) >= 11 is 0. The highest BCUT2D eigenvalue weighted by molar-refractivity contribution is 6.05. The summed E-state index contributed by atoms with van der Waals surface area (Å²) in [5, 5.41) is 2.95. The standard InChI is InChI=1S/C20H28N4O3/c1-20(2,24-10-9-14-7-5-6-8-15(14)12-24)13-21-17(25)11-16-18(26)23(4)19(27)22(16)3/h5-8,16H,9-13H2,1-4H3,(H,21,25)/t16-/m1/s1. The smallest absolute Gasteiger partial charge is 0.326 e. The van der Waals surface area contributed by atoms with Crippen LogP contribution in [0.1, 0.15) is 31.4 Å². The maximum absolute atomic E-state index is 12.4. The van der Waals surface area contributed by atoms with E-state index in [1.165, 1.54) is 23.1 Å². The van der Waals surface area contributed by atoms with Crippen molar-refractivity contribution < 1.29 is 14.4 Å². The number of hydrogen-bond donors (Lipinski definition) is 1. The highest BCUT2D eigenvalue weighted by Crippen LogP contribution is 2.25. The summed E-state index contributed by atoms with van der Waals surface area (Å²) < 4.78 is 0. The predicted molar refractivity (Wildman–Crippen MR) is 102 cm³/mol. The number of fused-ring (bicyclic) bond motifs is 1. The summed E-state index contributed by atoms with van der Waals surface area (Å²) in [5.74, 6) is -0.543. The van der Waals surface area contributed by atoms with Crippen LogP contribution in [0.25, 0.3) is 0 Å². The molecular formula is C20H28N4O3. The Morgan fingerprint density at radius 1 is 1.19 bits per heavy atom. The molecular weight excluding hydrogens is 344 g/mol. The van der Waals surface area contributed by atoms with E-state index in [-0.39, 0.29) is 29.8 Å². The molecule has 1 saturated heterocycles. The van der Waals surface area contributed by atoms with E-state index in [1.54, 1.807) is 7.05 Å². The fourth-order valence-electron chi connectivity index (χ4n) is 3.76. The number of carbonyl (C=O) groups excluding carboxylic acids is 3. The summed E-state index contributed by atoms with van der Waals surface area (Å²) in [4.78, 5) is 41.1. The Morgan fingerprint density at radius 3 is 2.48 bits per heavy atom. The van der Waals surface area contributed by atoms with Gasteiger partial charge in [-0.05, 0) is 31.4 Å². The Balaban J connectivity index is 1.55. The number of rotatable bonds is 5. The highest BCUT2D eigenvalue weighted by atomic mass is 16.2. The zero-order valence-electron chi connectivity index (χ0n) is 16.5. The number of nitrogens with one attached hydrogen (secondary N) is 1. The third-order valence-electron chi connectivity index (χ3n) is 5.76.